The summed E-state index contributed by atoms with van der Waals surface area (Å²) in [6.07, 6.45) is 0.558. The van der Waals surface area contributed by atoms with Gasteiger partial charge in [-0.3, -0.25) is 19.4 Å². The Hall–Kier alpha value is -4.57. The molecule has 3 amide bonds. The molecule has 0 aliphatic carbocycles. The number of carbonyl (C=O) groups is 3. The molecule has 3 aromatic rings. The van der Waals surface area contributed by atoms with Gasteiger partial charge >= 0.3 is 0 Å². The molecule has 0 spiro atoms. The van der Waals surface area contributed by atoms with Crippen LogP contribution >= 0.6 is 0 Å². The Kier molecular flexibility index (Phi) is 11.0. The number of benzodiazepines with no additional fused rings is 1. The van der Waals surface area contributed by atoms with Gasteiger partial charge in [0, 0.05) is 24.8 Å². The Morgan fingerprint density at radius 3 is 2.40 bits per heavy atom. The van der Waals surface area contributed by atoms with Crippen LogP contribution in [0.2, 0.25) is 0 Å². The fourth-order valence-electron chi connectivity index (χ4n) is 4.92. The third-order valence-corrected chi connectivity index (χ3v) is 7.30. The highest BCUT2D eigenvalue weighted by molar-refractivity contribution is 6.19. The summed E-state index contributed by atoms with van der Waals surface area (Å²) < 4.78 is 5.45. The maximum Gasteiger partial charge on any atom is 0.272 e. The molecule has 0 saturated heterocycles. The van der Waals surface area contributed by atoms with E-state index in [0.29, 0.717) is 36.8 Å². The zero-order valence-corrected chi connectivity index (χ0v) is 25.2. The summed E-state index contributed by atoms with van der Waals surface area (Å²) in [6, 6.07) is 19.4. The zero-order valence-electron chi connectivity index (χ0n) is 25.2. The van der Waals surface area contributed by atoms with Gasteiger partial charge in [-0.05, 0) is 62.8 Å². The molecule has 0 saturated carbocycles. The van der Waals surface area contributed by atoms with Crippen molar-refractivity contribution in [2.24, 2.45) is 4.99 Å². The lowest BCUT2D eigenvalue weighted by atomic mass is 10.0. The molecule has 0 radical (unpaired) electrons. The number of anilines is 1. The van der Waals surface area contributed by atoms with Gasteiger partial charge in [-0.1, -0.05) is 50.2 Å². The molecule has 0 fully saturated rings. The highest BCUT2D eigenvalue weighted by atomic mass is 16.5. The molecule has 226 valence electrons. The number of hydrogen-bond acceptors (Lipinski definition) is 7. The second-order valence-corrected chi connectivity index (χ2v) is 10.2. The molecule has 10 nitrogen and oxygen atoms in total. The van der Waals surface area contributed by atoms with Crippen LogP contribution in [0.15, 0.2) is 77.9 Å². The monoisotopic (exact) mass is 584 g/mol. The van der Waals surface area contributed by atoms with E-state index in [9.17, 15) is 14.4 Å². The first-order valence-corrected chi connectivity index (χ1v) is 14.8. The van der Waals surface area contributed by atoms with Crippen LogP contribution in [0.1, 0.15) is 44.5 Å². The number of carbonyl (C=O) groups excluding carboxylic acids is 3. The maximum absolute atomic E-state index is 14.0. The highest BCUT2D eigenvalue weighted by Gasteiger charge is 2.34. The van der Waals surface area contributed by atoms with Crippen molar-refractivity contribution in [2.75, 3.05) is 37.7 Å². The van der Waals surface area contributed by atoms with E-state index in [-0.39, 0.29) is 18.2 Å². The average Bonchev–Trinajstić information content (AvgIpc) is 3.13. The van der Waals surface area contributed by atoms with Crippen LogP contribution in [0.5, 0.6) is 5.75 Å². The standard InChI is InChI=1S/C33H40N6O4/c1-5-38(6-2)20-21-39-28-14-9-8-12-26(28)30(27-13-10-11-19-34-27)36-31(33(39)42)37-32(41)23(4)35-29(40)22-24-15-17-25(18-16-24)43-7-3/h8-19,23,31H,5-7,20-22H2,1-4H3,(H,35,40)(H,37,41)/t23-,31?/m0/s1. The zero-order chi connectivity index (χ0) is 30.8. The van der Waals surface area contributed by atoms with Crippen LogP contribution in [0.3, 0.4) is 0 Å². The van der Waals surface area contributed by atoms with Crippen LogP contribution in [0.25, 0.3) is 0 Å². The quantitative estimate of drug-likeness (QED) is 0.319. The van der Waals surface area contributed by atoms with Gasteiger partial charge in [0.15, 0.2) is 0 Å². The van der Waals surface area contributed by atoms with Gasteiger partial charge in [-0.25, -0.2) is 4.99 Å². The number of aliphatic imine (C=N–C) groups is 1. The third kappa shape index (κ3) is 8.04. The Balaban J connectivity index is 1.55. The predicted octanol–water partition coefficient (Wildman–Crippen LogP) is 3.20. The summed E-state index contributed by atoms with van der Waals surface area (Å²) in [6.45, 7) is 11.0. The molecule has 0 bridgehead atoms. The van der Waals surface area contributed by atoms with E-state index < -0.39 is 18.1 Å². The van der Waals surface area contributed by atoms with Gasteiger partial charge in [0.25, 0.3) is 5.91 Å². The summed E-state index contributed by atoms with van der Waals surface area (Å²) >= 11 is 0. The number of nitrogens with zero attached hydrogens (tertiary/aromatic N) is 4. The van der Waals surface area contributed by atoms with Crippen LogP contribution < -0.4 is 20.3 Å². The van der Waals surface area contributed by atoms with Crippen molar-refractivity contribution < 1.29 is 19.1 Å². The van der Waals surface area contributed by atoms with E-state index in [1.165, 1.54) is 0 Å². The first-order valence-electron chi connectivity index (χ1n) is 14.8. The second kappa shape index (κ2) is 15.1. The van der Waals surface area contributed by atoms with Crippen molar-refractivity contribution in [3.8, 4) is 5.75 Å². The van der Waals surface area contributed by atoms with Gasteiger partial charge in [0.05, 0.1) is 30.1 Å². The molecular weight excluding hydrogens is 544 g/mol. The molecule has 1 aliphatic rings. The van der Waals surface area contributed by atoms with Gasteiger partial charge in [0.2, 0.25) is 18.0 Å². The number of likely N-dealkylation sites (N-methyl/N-ethyl adjacent to an activating group) is 1. The summed E-state index contributed by atoms with van der Waals surface area (Å²) in [4.78, 5) is 53.3. The van der Waals surface area contributed by atoms with Crippen molar-refractivity contribution in [3.05, 3.63) is 89.7 Å². The van der Waals surface area contributed by atoms with E-state index in [1.54, 1.807) is 30.2 Å². The lowest BCUT2D eigenvalue weighted by Gasteiger charge is -2.28. The molecule has 43 heavy (non-hydrogen) atoms. The number of aromatic nitrogens is 1. The second-order valence-electron chi connectivity index (χ2n) is 10.2. The largest absolute Gasteiger partial charge is 0.494 e. The Morgan fingerprint density at radius 2 is 1.72 bits per heavy atom. The molecular formula is C33H40N6O4. The van der Waals surface area contributed by atoms with Crippen LogP contribution in [0, 0.1) is 0 Å². The minimum atomic E-state index is -1.21. The SMILES string of the molecule is CCOc1ccc(CC(=O)N[C@@H](C)C(=O)NC2N=C(c3ccccn3)c3ccccc3N(CCN(CC)CC)C2=O)cc1. The Labute approximate surface area is 253 Å². The lowest BCUT2D eigenvalue weighted by Crippen LogP contribution is -2.53. The van der Waals surface area contributed by atoms with Crippen molar-refractivity contribution in [1.82, 2.24) is 20.5 Å². The molecule has 4 rings (SSSR count). The number of rotatable bonds is 13. The summed E-state index contributed by atoms with van der Waals surface area (Å²) in [7, 11) is 0. The minimum Gasteiger partial charge on any atom is -0.494 e. The molecule has 2 aromatic carbocycles. The molecule has 1 aromatic heterocycles. The van der Waals surface area contributed by atoms with Crippen LogP contribution in [0.4, 0.5) is 5.69 Å². The smallest absolute Gasteiger partial charge is 0.272 e. The number of para-hydroxylation sites is 1. The fraction of sp³-hybridized carbons (Fsp3) is 0.364. The lowest BCUT2D eigenvalue weighted by molar-refractivity contribution is -0.130. The first kappa shape index (κ1) is 31.4. The molecule has 10 heteroatoms. The van der Waals surface area contributed by atoms with Crippen LogP contribution in [-0.2, 0) is 20.8 Å². The van der Waals surface area contributed by atoms with E-state index in [0.717, 1.165) is 30.0 Å². The van der Waals surface area contributed by atoms with Crippen molar-refractivity contribution in [1.29, 1.82) is 0 Å². The molecule has 1 aliphatic heterocycles. The van der Waals surface area contributed by atoms with Crippen molar-refractivity contribution in [3.63, 3.8) is 0 Å². The molecule has 2 heterocycles. The maximum atomic E-state index is 14.0. The third-order valence-electron chi connectivity index (χ3n) is 7.30. The van der Waals surface area contributed by atoms with Crippen molar-refractivity contribution in [2.45, 2.75) is 46.3 Å². The van der Waals surface area contributed by atoms with Gasteiger partial charge in [-0.2, -0.15) is 0 Å². The van der Waals surface area contributed by atoms with E-state index in [1.807, 2.05) is 61.5 Å². The fourth-order valence-corrected chi connectivity index (χ4v) is 4.92. The highest BCUT2D eigenvalue weighted by Crippen LogP contribution is 2.27. The Bertz CT molecular complexity index is 1420. The number of amides is 3. The molecule has 2 N–H and O–H groups in total. The van der Waals surface area contributed by atoms with Gasteiger partial charge in [-0.15, -0.1) is 0 Å². The number of fused-ring (bicyclic) bond motifs is 1. The molecule has 1 unspecified atom stereocenters. The number of hydrogen-bond donors (Lipinski definition) is 2. The number of nitrogens with one attached hydrogen (secondary N) is 2. The molecule has 2 atom stereocenters. The summed E-state index contributed by atoms with van der Waals surface area (Å²) in [5.74, 6) is -0.458. The predicted molar refractivity (Wildman–Crippen MR) is 167 cm³/mol. The number of pyridine rings is 1. The van der Waals surface area contributed by atoms with E-state index >= 15 is 0 Å². The topological polar surface area (TPSA) is 116 Å². The summed E-state index contributed by atoms with van der Waals surface area (Å²) in [5.41, 5.74) is 3.34. The van der Waals surface area contributed by atoms with Crippen molar-refractivity contribution >= 4 is 29.1 Å². The Morgan fingerprint density at radius 1 is 1.00 bits per heavy atom. The van der Waals surface area contributed by atoms with E-state index in [4.69, 9.17) is 9.73 Å². The van der Waals surface area contributed by atoms with Gasteiger partial charge in [0.1, 0.15) is 11.8 Å². The van der Waals surface area contributed by atoms with Crippen LogP contribution in [-0.4, -0.2) is 78.3 Å². The normalized spacial score (nSPS) is 15.3. The number of benzene rings is 2. The average molecular weight is 585 g/mol. The number of ether oxygens (including phenoxy) is 1. The summed E-state index contributed by atoms with van der Waals surface area (Å²) in [5, 5.41) is 5.53. The van der Waals surface area contributed by atoms with E-state index in [2.05, 4.69) is 34.4 Å². The first-order chi connectivity index (χ1) is 20.8. The van der Waals surface area contributed by atoms with Gasteiger partial charge < -0.3 is 25.2 Å². The minimum absolute atomic E-state index is 0.100.